The van der Waals surface area contributed by atoms with Crippen LogP contribution in [0.5, 0.6) is 11.6 Å². The van der Waals surface area contributed by atoms with Gasteiger partial charge in [-0.15, -0.1) is 0 Å². The minimum atomic E-state index is -4.51. The van der Waals surface area contributed by atoms with Crippen LogP contribution in [0.25, 0.3) is 0 Å². The molecule has 1 heterocycles. The first kappa shape index (κ1) is 14.2. The molecular weight excluding hydrogens is 269 g/mol. The van der Waals surface area contributed by atoms with Crippen molar-refractivity contribution in [1.82, 2.24) is 4.98 Å². The van der Waals surface area contributed by atoms with E-state index in [2.05, 4.69) is 4.98 Å². The second-order valence-electron chi connectivity index (χ2n) is 4.43. The molecule has 1 aromatic heterocycles. The Morgan fingerprint density at radius 3 is 2.50 bits per heavy atom. The number of benzene rings is 1. The SMILES string of the molecule is Cc1cc(Oc2ncccc2C(F)(F)F)c(C)cc1N. The quantitative estimate of drug-likeness (QED) is 0.844. The number of pyridine rings is 1. The van der Waals surface area contributed by atoms with Gasteiger partial charge in [0, 0.05) is 11.9 Å². The summed E-state index contributed by atoms with van der Waals surface area (Å²) in [6.45, 7) is 3.46. The van der Waals surface area contributed by atoms with Gasteiger partial charge in [-0.3, -0.25) is 0 Å². The lowest BCUT2D eigenvalue weighted by Crippen LogP contribution is -2.08. The number of hydrogen-bond acceptors (Lipinski definition) is 3. The number of hydrogen-bond donors (Lipinski definition) is 1. The molecule has 0 aliphatic carbocycles. The van der Waals surface area contributed by atoms with Crippen molar-refractivity contribution >= 4 is 5.69 Å². The van der Waals surface area contributed by atoms with E-state index in [9.17, 15) is 13.2 Å². The van der Waals surface area contributed by atoms with Crippen LogP contribution >= 0.6 is 0 Å². The molecule has 0 spiro atoms. The highest BCUT2D eigenvalue weighted by Gasteiger charge is 2.35. The molecule has 2 N–H and O–H groups in total. The summed E-state index contributed by atoms with van der Waals surface area (Å²) in [5.41, 5.74) is 6.76. The van der Waals surface area contributed by atoms with Crippen molar-refractivity contribution in [3.63, 3.8) is 0 Å². The van der Waals surface area contributed by atoms with Crippen molar-refractivity contribution in [3.8, 4) is 11.6 Å². The molecule has 0 unspecified atom stereocenters. The largest absolute Gasteiger partial charge is 0.438 e. The van der Waals surface area contributed by atoms with E-state index in [-0.39, 0.29) is 0 Å². The Balaban J connectivity index is 2.43. The lowest BCUT2D eigenvalue weighted by Gasteiger charge is -2.14. The summed E-state index contributed by atoms with van der Waals surface area (Å²) < 4.78 is 43.9. The molecule has 1 aromatic carbocycles. The molecular formula is C14H13F3N2O. The average Bonchev–Trinajstić information content (AvgIpc) is 2.35. The molecule has 6 heteroatoms. The summed E-state index contributed by atoms with van der Waals surface area (Å²) >= 11 is 0. The molecule has 3 nitrogen and oxygen atoms in total. The Hall–Kier alpha value is -2.24. The first-order chi connectivity index (χ1) is 9.29. The average molecular weight is 282 g/mol. The Labute approximate surface area is 114 Å². The van der Waals surface area contributed by atoms with Gasteiger partial charge in [0.1, 0.15) is 11.3 Å². The number of rotatable bonds is 2. The van der Waals surface area contributed by atoms with Crippen LogP contribution in [0.2, 0.25) is 0 Å². The fraction of sp³-hybridized carbons (Fsp3) is 0.214. The zero-order valence-electron chi connectivity index (χ0n) is 11.0. The molecule has 0 aliphatic heterocycles. The Morgan fingerprint density at radius 2 is 1.85 bits per heavy atom. The third-order valence-corrected chi connectivity index (χ3v) is 2.85. The number of halogens is 3. The van der Waals surface area contributed by atoms with Crippen molar-refractivity contribution in [3.05, 3.63) is 47.2 Å². The molecule has 0 saturated heterocycles. The first-order valence-electron chi connectivity index (χ1n) is 5.86. The standard InChI is InChI=1S/C14H13F3N2O/c1-8-7-12(9(2)6-11(8)18)20-13-10(14(15,16)17)4-3-5-19-13/h3-7H,18H2,1-2H3. The molecule has 20 heavy (non-hydrogen) atoms. The summed E-state index contributed by atoms with van der Waals surface area (Å²) in [6.07, 6.45) is -3.26. The number of anilines is 1. The maximum Gasteiger partial charge on any atom is 0.421 e. The van der Waals surface area contributed by atoms with E-state index in [1.165, 1.54) is 12.3 Å². The zero-order chi connectivity index (χ0) is 14.9. The lowest BCUT2D eigenvalue weighted by atomic mass is 10.1. The van der Waals surface area contributed by atoms with Gasteiger partial charge in [-0.05, 0) is 49.2 Å². The topological polar surface area (TPSA) is 48.1 Å². The van der Waals surface area contributed by atoms with Gasteiger partial charge in [0.15, 0.2) is 0 Å². The lowest BCUT2D eigenvalue weighted by molar-refractivity contribution is -0.138. The molecule has 2 rings (SSSR count). The van der Waals surface area contributed by atoms with E-state index in [1.54, 1.807) is 26.0 Å². The maximum atomic E-state index is 12.9. The van der Waals surface area contributed by atoms with Crippen LogP contribution in [-0.4, -0.2) is 4.98 Å². The van der Waals surface area contributed by atoms with Crippen molar-refractivity contribution in [1.29, 1.82) is 0 Å². The van der Waals surface area contributed by atoms with Crippen LogP contribution in [0, 0.1) is 13.8 Å². The highest BCUT2D eigenvalue weighted by Crippen LogP contribution is 2.37. The third-order valence-electron chi connectivity index (χ3n) is 2.85. The van der Waals surface area contributed by atoms with Gasteiger partial charge < -0.3 is 10.5 Å². The first-order valence-corrected chi connectivity index (χ1v) is 5.86. The van der Waals surface area contributed by atoms with Gasteiger partial charge in [0.05, 0.1) is 0 Å². The number of nitrogen functional groups attached to an aromatic ring is 1. The van der Waals surface area contributed by atoms with Crippen molar-refractivity contribution in [2.75, 3.05) is 5.73 Å². The normalized spacial score (nSPS) is 11.4. The fourth-order valence-corrected chi connectivity index (χ4v) is 1.71. The number of nitrogens with two attached hydrogens (primary N) is 1. The van der Waals surface area contributed by atoms with E-state index in [0.29, 0.717) is 17.0 Å². The molecule has 0 bridgehead atoms. The summed E-state index contributed by atoms with van der Waals surface area (Å²) in [6, 6.07) is 5.40. The molecule has 0 atom stereocenters. The van der Waals surface area contributed by atoms with Crippen LogP contribution in [0.15, 0.2) is 30.5 Å². The van der Waals surface area contributed by atoms with E-state index in [1.807, 2.05) is 0 Å². The minimum Gasteiger partial charge on any atom is -0.438 e. The highest BCUT2D eigenvalue weighted by atomic mass is 19.4. The van der Waals surface area contributed by atoms with Crippen LogP contribution in [0.4, 0.5) is 18.9 Å². The monoisotopic (exact) mass is 282 g/mol. The summed E-state index contributed by atoms with van der Waals surface area (Å²) in [4.78, 5) is 3.66. The second-order valence-corrected chi connectivity index (χ2v) is 4.43. The van der Waals surface area contributed by atoms with Gasteiger partial charge >= 0.3 is 6.18 Å². The van der Waals surface area contributed by atoms with Crippen LogP contribution in [0.3, 0.4) is 0 Å². The highest BCUT2D eigenvalue weighted by molar-refractivity contribution is 5.54. The van der Waals surface area contributed by atoms with Crippen molar-refractivity contribution < 1.29 is 17.9 Å². The maximum absolute atomic E-state index is 12.9. The predicted octanol–water partition coefficient (Wildman–Crippen LogP) is 4.09. The molecule has 0 saturated carbocycles. The minimum absolute atomic E-state index is 0.306. The van der Waals surface area contributed by atoms with Gasteiger partial charge in [0.25, 0.3) is 0 Å². The Bertz CT molecular complexity index is 639. The summed E-state index contributed by atoms with van der Waals surface area (Å²) in [5, 5.41) is 0. The molecule has 0 aliphatic rings. The van der Waals surface area contributed by atoms with Crippen LogP contribution in [0.1, 0.15) is 16.7 Å². The molecule has 0 fully saturated rings. The predicted molar refractivity (Wildman–Crippen MR) is 69.6 cm³/mol. The van der Waals surface area contributed by atoms with E-state index < -0.39 is 17.6 Å². The van der Waals surface area contributed by atoms with E-state index in [4.69, 9.17) is 10.5 Å². The van der Waals surface area contributed by atoms with Gasteiger partial charge in [-0.2, -0.15) is 13.2 Å². The number of aryl methyl sites for hydroxylation is 2. The van der Waals surface area contributed by atoms with Gasteiger partial charge in [-0.25, -0.2) is 4.98 Å². The van der Waals surface area contributed by atoms with Crippen molar-refractivity contribution in [2.45, 2.75) is 20.0 Å². The number of nitrogens with zero attached hydrogens (tertiary/aromatic N) is 1. The number of ether oxygens (including phenoxy) is 1. The zero-order valence-corrected chi connectivity index (χ0v) is 11.0. The number of alkyl halides is 3. The molecule has 0 amide bonds. The second kappa shape index (κ2) is 5.03. The van der Waals surface area contributed by atoms with Crippen LogP contribution in [-0.2, 0) is 6.18 Å². The molecule has 0 radical (unpaired) electrons. The van der Waals surface area contributed by atoms with Crippen LogP contribution < -0.4 is 10.5 Å². The Morgan fingerprint density at radius 1 is 1.15 bits per heavy atom. The van der Waals surface area contributed by atoms with E-state index >= 15 is 0 Å². The smallest absolute Gasteiger partial charge is 0.421 e. The Kier molecular flexibility index (Phi) is 3.57. The molecule has 106 valence electrons. The van der Waals surface area contributed by atoms with E-state index in [0.717, 1.165) is 11.6 Å². The van der Waals surface area contributed by atoms with Gasteiger partial charge in [0.2, 0.25) is 5.88 Å². The fourth-order valence-electron chi connectivity index (χ4n) is 1.71. The summed E-state index contributed by atoms with van der Waals surface area (Å²) in [5.74, 6) is -0.159. The third kappa shape index (κ3) is 2.84. The summed E-state index contributed by atoms with van der Waals surface area (Å²) in [7, 11) is 0. The number of aromatic nitrogens is 1. The molecule has 2 aromatic rings. The van der Waals surface area contributed by atoms with Crippen molar-refractivity contribution in [2.24, 2.45) is 0 Å². The van der Waals surface area contributed by atoms with Gasteiger partial charge in [-0.1, -0.05) is 0 Å².